The first-order chi connectivity index (χ1) is 8.90. The maximum absolute atomic E-state index is 12.0. The Morgan fingerprint density at radius 3 is 2.84 bits per heavy atom. The Labute approximate surface area is 111 Å². The quantitative estimate of drug-likeness (QED) is 0.781. The van der Waals surface area contributed by atoms with E-state index in [1.807, 2.05) is 6.07 Å². The van der Waals surface area contributed by atoms with Crippen molar-refractivity contribution in [3.63, 3.8) is 0 Å². The molecular weight excluding hydrogens is 268 g/mol. The van der Waals surface area contributed by atoms with Gasteiger partial charge in [-0.3, -0.25) is 4.79 Å². The van der Waals surface area contributed by atoms with E-state index in [0.717, 1.165) is 11.1 Å². The van der Waals surface area contributed by atoms with Crippen molar-refractivity contribution in [1.29, 1.82) is 0 Å². The predicted molar refractivity (Wildman–Crippen MR) is 71.0 cm³/mol. The van der Waals surface area contributed by atoms with Crippen molar-refractivity contribution < 1.29 is 18.3 Å². The highest BCUT2D eigenvalue weighted by Gasteiger charge is 2.27. The minimum absolute atomic E-state index is 0.266. The molecule has 3 N–H and O–H groups in total. The summed E-state index contributed by atoms with van der Waals surface area (Å²) in [4.78, 5) is 10.5. The number of rotatable bonds is 4. The summed E-state index contributed by atoms with van der Waals surface area (Å²) in [5.74, 6) is -1.47. The first kappa shape index (κ1) is 13.8. The van der Waals surface area contributed by atoms with Crippen LogP contribution in [0.4, 0.5) is 5.69 Å². The van der Waals surface area contributed by atoms with Crippen LogP contribution in [-0.4, -0.2) is 36.1 Å². The molecule has 1 aromatic carbocycles. The Kier molecular flexibility index (Phi) is 3.77. The first-order valence-corrected chi connectivity index (χ1v) is 7.57. The number of sulfonamides is 1. The summed E-state index contributed by atoms with van der Waals surface area (Å²) in [6.45, 7) is 0.617. The van der Waals surface area contributed by atoms with E-state index in [2.05, 4.69) is 0 Å². The number of carbonyl (C=O) groups is 1. The van der Waals surface area contributed by atoms with Gasteiger partial charge < -0.3 is 10.8 Å². The van der Waals surface area contributed by atoms with Gasteiger partial charge in [-0.1, -0.05) is 12.1 Å². The molecule has 0 saturated carbocycles. The zero-order chi connectivity index (χ0) is 14.0. The topological polar surface area (TPSA) is 101 Å². The zero-order valence-corrected chi connectivity index (χ0v) is 11.2. The van der Waals surface area contributed by atoms with Gasteiger partial charge in [-0.2, -0.15) is 4.31 Å². The lowest BCUT2D eigenvalue weighted by Gasteiger charge is -2.28. The summed E-state index contributed by atoms with van der Waals surface area (Å²) in [5.41, 5.74) is 8.42. The molecule has 0 aliphatic carbocycles. The lowest BCUT2D eigenvalue weighted by Crippen LogP contribution is -2.38. The Balaban J connectivity index is 2.15. The van der Waals surface area contributed by atoms with E-state index in [1.54, 1.807) is 12.1 Å². The van der Waals surface area contributed by atoms with Crippen LogP contribution in [0.15, 0.2) is 18.2 Å². The summed E-state index contributed by atoms with van der Waals surface area (Å²) >= 11 is 0. The fourth-order valence-corrected chi connectivity index (χ4v) is 3.59. The fraction of sp³-hybridized carbons (Fsp3) is 0.417. The third kappa shape index (κ3) is 3.05. The Morgan fingerprint density at radius 1 is 1.42 bits per heavy atom. The number of carboxylic acid groups (broad SMARTS) is 1. The molecule has 1 aromatic rings. The lowest BCUT2D eigenvalue weighted by molar-refractivity contribution is -0.136. The molecule has 0 aromatic heterocycles. The smallest absolute Gasteiger partial charge is 0.304 e. The standard InChI is InChI=1S/C12H16N2O4S/c13-11-3-1-2-9-8-14(6-4-10(9)11)19(17,18)7-5-12(15)16/h1-3H,4-8,13H2,(H,15,16). The van der Waals surface area contributed by atoms with E-state index in [0.29, 0.717) is 18.7 Å². The first-order valence-electron chi connectivity index (χ1n) is 5.96. The second kappa shape index (κ2) is 5.18. The molecule has 0 amide bonds. The van der Waals surface area contributed by atoms with Gasteiger partial charge in [-0.25, -0.2) is 8.42 Å². The fourth-order valence-electron chi connectivity index (χ4n) is 2.20. The van der Waals surface area contributed by atoms with Crippen LogP contribution in [0.2, 0.25) is 0 Å². The van der Waals surface area contributed by atoms with Crippen LogP contribution in [0.5, 0.6) is 0 Å². The van der Waals surface area contributed by atoms with Crippen LogP contribution < -0.4 is 5.73 Å². The summed E-state index contributed by atoms with van der Waals surface area (Å²) in [6.07, 6.45) is 0.191. The van der Waals surface area contributed by atoms with E-state index >= 15 is 0 Å². The molecule has 0 fully saturated rings. The number of hydrogen-bond acceptors (Lipinski definition) is 4. The summed E-state index contributed by atoms with van der Waals surface area (Å²) in [5, 5.41) is 8.57. The minimum atomic E-state index is -3.52. The summed E-state index contributed by atoms with van der Waals surface area (Å²) < 4.78 is 25.4. The third-order valence-corrected chi connectivity index (χ3v) is 5.05. The predicted octanol–water partition coefficient (Wildman–Crippen LogP) is 0.431. The second-order valence-electron chi connectivity index (χ2n) is 4.53. The highest BCUT2D eigenvalue weighted by molar-refractivity contribution is 7.89. The molecule has 0 unspecified atom stereocenters. The molecule has 0 spiro atoms. The van der Waals surface area contributed by atoms with E-state index < -0.39 is 16.0 Å². The number of carboxylic acids is 1. The molecule has 0 atom stereocenters. The van der Waals surface area contributed by atoms with Crippen molar-refractivity contribution in [1.82, 2.24) is 4.31 Å². The number of nitrogens with two attached hydrogens (primary N) is 1. The lowest BCUT2D eigenvalue weighted by atomic mass is 9.99. The molecule has 1 aliphatic heterocycles. The highest BCUT2D eigenvalue weighted by Crippen LogP contribution is 2.25. The van der Waals surface area contributed by atoms with E-state index in [1.165, 1.54) is 4.31 Å². The van der Waals surface area contributed by atoms with Gasteiger partial charge >= 0.3 is 5.97 Å². The summed E-state index contributed by atoms with van der Waals surface area (Å²) in [6, 6.07) is 5.44. The van der Waals surface area contributed by atoms with Gasteiger partial charge in [-0.15, -0.1) is 0 Å². The highest BCUT2D eigenvalue weighted by atomic mass is 32.2. The molecule has 0 radical (unpaired) electrons. The molecule has 7 heteroatoms. The number of anilines is 1. The van der Waals surface area contributed by atoms with Gasteiger partial charge in [0.2, 0.25) is 10.0 Å². The number of fused-ring (bicyclic) bond motifs is 1. The molecule has 0 bridgehead atoms. The molecule has 19 heavy (non-hydrogen) atoms. The number of nitrogens with zero attached hydrogens (tertiary/aromatic N) is 1. The van der Waals surface area contributed by atoms with Crippen LogP contribution in [0.1, 0.15) is 17.5 Å². The SMILES string of the molecule is Nc1cccc2c1CCN(S(=O)(=O)CCC(=O)O)C2. The van der Waals surface area contributed by atoms with E-state index in [9.17, 15) is 13.2 Å². The van der Waals surface area contributed by atoms with Crippen LogP contribution >= 0.6 is 0 Å². The molecule has 104 valence electrons. The molecule has 6 nitrogen and oxygen atoms in total. The van der Waals surface area contributed by atoms with Crippen molar-refractivity contribution in [2.24, 2.45) is 0 Å². The monoisotopic (exact) mass is 284 g/mol. The van der Waals surface area contributed by atoms with Crippen molar-refractivity contribution in [2.45, 2.75) is 19.4 Å². The van der Waals surface area contributed by atoms with Crippen molar-refractivity contribution >= 4 is 21.7 Å². The average molecular weight is 284 g/mol. The van der Waals surface area contributed by atoms with Gasteiger partial charge in [0.1, 0.15) is 0 Å². The van der Waals surface area contributed by atoms with Crippen molar-refractivity contribution in [2.75, 3.05) is 18.0 Å². The van der Waals surface area contributed by atoms with Crippen molar-refractivity contribution in [3.05, 3.63) is 29.3 Å². The number of nitrogen functional groups attached to an aromatic ring is 1. The number of hydrogen-bond donors (Lipinski definition) is 2. The van der Waals surface area contributed by atoms with Gasteiger partial charge in [0.05, 0.1) is 12.2 Å². The number of benzene rings is 1. The molecule has 1 aliphatic rings. The van der Waals surface area contributed by atoms with E-state index in [-0.39, 0.29) is 18.7 Å². The molecule has 0 saturated heterocycles. The Morgan fingerprint density at radius 2 is 2.16 bits per heavy atom. The minimum Gasteiger partial charge on any atom is -0.481 e. The maximum atomic E-state index is 12.0. The van der Waals surface area contributed by atoms with Gasteiger partial charge in [0.15, 0.2) is 0 Å². The summed E-state index contributed by atoms with van der Waals surface area (Å²) in [7, 11) is -3.52. The largest absolute Gasteiger partial charge is 0.481 e. The molecule has 1 heterocycles. The van der Waals surface area contributed by atoms with Gasteiger partial charge in [0, 0.05) is 18.8 Å². The Bertz CT molecular complexity index is 598. The van der Waals surface area contributed by atoms with Crippen LogP contribution in [0.3, 0.4) is 0 Å². The van der Waals surface area contributed by atoms with Crippen LogP contribution in [0, 0.1) is 0 Å². The normalized spacial score (nSPS) is 16.0. The van der Waals surface area contributed by atoms with Crippen LogP contribution in [0.25, 0.3) is 0 Å². The third-order valence-electron chi connectivity index (χ3n) is 3.23. The average Bonchev–Trinajstić information content (AvgIpc) is 2.36. The van der Waals surface area contributed by atoms with Gasteiger partial charge in [-0.05, 0) is 23.6 Å². The van der Waals surface area contributed by atoms with Crippen molar-refractivity contribution in [3.8, 4) is 0 Å². The van der Waals surface area contributed by atoms with Gasteiger partial charge in [0.25, 0.3) is 0 Å². The maximum Gasteiger partial charge on any atom is 0.304 e. The second-order valence-corrected chi connectivity index (χ2v) is 6.62. The molecule has 2 rings (SSSR count). The number of aliphatic carboxylic acids is 1. The van der Waals surface area contributed by atoms with E-state index in [4.69, 9.17) is 10.8 Å². The zero-order valence-electron chi connectivity index (χ0n) is 10.4. The van der Waals surface area contributed by atoms with Crippen LogP contribution in [-0.2, 0) is 27.8 Å². The Hall–Kier alpha value is -1.60. The molecular formula is C12H16N2O4S.